The number of azo groups is 3. The highest BCUT2D eigenvalue weighted by molar-refractivity contribution is 8.01. The molecule has 324 valence electrons. The smallest absolute Gasteiger partial charge is 0.264 e. The number of nitriles is 1. The fraction of sp³-hybridized carbons (Fsp3) is 0.211. The van der Waals surface area contributed by atoms with Crippen LogP contribution < -0.4 is 4.74 Å². The summed E-state index contributed by atoms with van der Waals surface area (Å²) in [7, 11) is -2.65. The van der Waals surface area contributed by atoms with Crippen LogP contribution >= 0.6 is 35.1 Å². The highest BCUT2D eigenvalue weighted by Crippen LogP contribution is 2.46. The van der Waals surface area contributed by atoms with Gasteiger partial charge in [-0.1, -0.05) is 46.3 Å². The normalized spacial score (nSPS) is 12.3. The summed E-state index contributed by atoms with van der Waals surface area (Å²) >= 11 is 3.23. The lowest BCUT2D eigenvalue weighted by Crippen LogP contribution is -2.08. The molecule has 7 aromatic rings. The van der Waals surface area contributed by atoms with Crippen molar-refractivity contribution in [1.82, 2.24) is 19.6 Å². The average molecular weight is 932 g/mol. The zero-order valence-electron chi connectivity index (χ0n) is 33.1. The summed E-state index contributed by atoms with van der Waals surface area (Å²) < 4.78 is 49.8. The predicted molar refractivity (Wildman–Crippen MR) is 233 cm³/mol. The van der Waals surface area contributed by atoms with Crippen molar-refractivity contribution in [2.45, 2.75) is 29.5 Å². The van der Waals surface area contributed by atoms with Crippen LogP contribution in [-0.4, -0.2) is 79.9 Å². The number of para-hydroxylation sites is 2. The maximum Gasteiger partial charge on any atom is 0.264 e. The fourth-order valence-corrected chi connectivity index (χ4v) is 8.65. The van der Waals surface area contributed by atoms with Crippen LogP contribution in [0, 0.1) is 25.2 Å². The number of hydrogen-bond donors (Lipinski definition) is 4. The first-order valence-electron chi connectivity index (χ1n) is 18.3. The van der Waals surface area contributed by atoms with Gasteiger partial charge in [0.1, 0.15) is 28.8 Å². The van der Waals surface area contributed by atoms with Gasteiger partial charge in [0, 0.05) is 29.9 Å². The van der Waals surface area contributed by atoms with Crippen molar-refractivity contribution in [3.8, 4) is 23.4 Å². The number of nitrogens with zero attached hydrogens (tertiary/aromatic N) is 11. The molecule has 0 atom stereocenters. The molecule has 0 fully saturated rings. The van der Waals surface area contributed by atoms with E-state index in [2.05, 4.69) is 57.0 Å². The molecule has 0 bridgehead atoms. The minimum absolute atomic E-state index is 0.0369. The molecule has 63 heavy (non-hydrogen) atoms. The molecular formula is C38H33N11O10S4. The minimum Gasteiger partial charge on any atom is -0.505 e. The number of benzene rings is 4. The summed E-state index contributed by atoms with van der Waals surface area (Å²) in [6.45, 7) is 3.75. The number of aryl methyl sites for hydroxylation is 1. The number of phenolic OH excluding ortho intramolecular Hbond substituents is 1. The van der Waals surface area contributed by atoms with Crippen molar-refractivity contribution in [3.63, 3.8) is 0 Å². The number of ether oxygens (including phenoxy) is 2. The Kier molecular flexibility index (Phi) is 14.1. The van der Waals surface area contributed by atoms with Gasteiger partial charge in [0.15, 0.2) is 21.4 Å². The highest BCUT2D eigenvalue weighted by Gasteiger charge is 2.21. The molecule has 4 aromatic carbocycles. The molecule has 25 heteroatoms. The van der Waals surface area contributed by atoms with Crippen LogP contribution in [0.5, 0.6) is 17.4 Å². The SMILES string of the molecule is COCCSc1nnc(N=Nc2cc(OCCCS(=O)(=O)O)c(N=Nc3c(SOOO)cc4ccc(N=Nc5c(C)c(C#N)c6nc7ccccc7n6c5O)cc4c3O)cc2C)s1. The molecule has 0 aliphatic rings. The highest BCUT2D eigenvalue weighted by atomic mass is 32.2. The summed E-state index contributed by atoms with van der Waals surface area (Å²) in [5.74, 6) is -0.422. The van der Waals surface area contributed by atoms with Crippen molar-refractivity contribution in [2.75, 3.05) is 31.8 Å². The Labute approximate surface area is 369 Å². The Bertz CT molecular complexity index is 3100. The van der Waals surface area contributed by atoms with E-state index in [0.29, 0.717) is 67.1 Å². The number of aromatic hydroxyl groups is 2. The Morgan fingerprint density at radius 1 is 0.937 bits per heavy atom. The lowest BCUT2D eigenvalue weighted by Gasteiger charge is -2.12. The molecule has 0 aliphatic carbocycles. The third-order valence-corrected chi connectivity index (χ3v) is 12.3. The first kappa shape index (κ1) is 44.8. The van der Waals surface area contributed by atoms with Gasteiger partial charge in [-0.05, 0) is 67.6 Å². The number of aromatic nitrogens is 4. The van der Waals surface area contributed by atoms with Crippen molar-refractivity contribution < 1.29 is 47.3 Å². The number of imidazole rings is 1. The molecular weight excluding hydrogens is 899 g/mol. The van der Waals surface area contributed by atoms with Gasteiger partial charge >= 0.3 is 0 Å². The second kappa shape index (κ2) is 19.9. The summed E-state index contributed by atoms with van der Waals surface area (Å²) in [6.07, 6.45) is -0.0629. The second-order valence-corrected chi connectivity index (χ2v) is 17.7. The van der Waals surface area contributed by atoms with Crippen LogP contribution in [0.2, 0.25) is 0 Å². The number of hydrogen-bond acceptors (Lipinski definition) is 22. The maximum absolute atomic E-state index is 11.7. The molecule has 4 N–H and O–H groups in total. The standard InChI is InChI=1S/C38H33N11O10S4/c1-20-15-28(30(57-11-6-14-63(53,54)55)18-27(20)42-46-37-47-48-38(61-37)60-13-12-56-3)43-45-33-31(62-59-58-52)16-22-9-10-23(17-24(22)34(33)50)41-44-32-21(2)25(19-39)35-40-26-7-4-5-8-29(26)49(35)36(32)51/h4-5,7-10,15-18,50-52H,6,11-14H2,1-3H3,(H,53,54,55). The van der Waals surface area contributed by atoms with E-state index in [0.717, 1.165) is 0 Å². The van der Waals surface area contributed by atoms with E-state index in [9.17, 15) is 28.4 Å². The monoisotopic (exact) mass is 931 g/mol. The van der Waals surface area contributed by atoms with Crippen molar-refractivity contribution in [1.29, 1.82) is 5.26 Å². The summed E-state index contributed by atoms with van der Waals surface area (Å²) in [5, 5.41) is 80.9. The number of thioether (sulfide) groups is 1. The van der Waals surface area contributed by atoms with Crippen LogP contribution in [-0.2, 0) is 24.2 Å². The Morgan fingerprint density at radius 2 is 1.73 bits per heavy atom. The second-order valence-electron chi connectivity index (χ2n) is 13.1. The number of phenols is 1. The van der Waals surface area contributed by atoms with Gasteiger partial charge in [-0.25, -0.2) is 10.2 Å². The van der Waals surface area contributed by atoms with Crippen molar-refractivity contribution >= 4 is 106 Å². The zero-order chi connectivity index (χ0) is 44.7. The van der Waals surface area contributed by atoms with Crippen LogP contribution in [0.25, 0.3) is 27.5 Å². The molecule has 7 rings (SSSR count). The fourth-order valence-electron chi connectivity index (χ4n) is 6.03. The van der Waals surface area contributed by atoms with Gasteiger partial charge in [-0.3, -0.25) is 8.95 Å². The lowest BCUT2D eigenvalue weighted by atomic mass is 10.1. The van der Waals surface area contributed by atoms with Gasteiger partial charge in [-0.15, -0.1) is 40.1 Å². The van der Waals surface area contributed by atoms with Crippen LogP contribution in [0.3, 0.4) is 0 Å². The number of fused-ring (bicyclic) bond motifs is 4. The van der Waals surface area contributed by atoms with Gasteiger partial charge < -0.3 is 19.7 Å². The largest absolute Gasteiger partial charge is 0.505 e. The first-order valence-corrected chi connectivity index (χ1v) is 22.4. The van der Waals surface area contributed by atoms with E-state index in [-0.39, 0.29) is 74.6 Å². The zero-order valence-corrected chi connectivity index (χ0v) is 36.4. The molecule has 3 aromatic heterocycles. The maximum atomic E-state index is 11.7. The van der Waals surface area contributed by atoms with Crippen LogP contribution in [0.15, 0.2) is 101 Å². The van der Waals surface area contributed by atoms with E-state index < -0.39 is 15.9 Å². The molecule has 21 nitrogen and oxygen atoms in total. The first-order chi connectivity index (χ1) is 30.4. The number of rotatable bonds is 18. The number of pyridine rings is 1. The molecule has 0 saturated carbocycles. The Balaban J connectivity index is 1.24. The van der Waals surface area contributed by atoms with Gasteiger partial charge in [0.25, 0.3) is 15.2 Å². The van der Waals surface area contributed by atoms with E-state index in [4.69, 9.17) is 19.1 Å². The quantitative estimate of drug-likeness (QED) is 0.0118. The van der Waals surface area contributed by atoms with Gasteiger partial charge in [-0.2, -0.15) is 18.8 Å². The molecule has 0 saturated heterocycles. The van der Waals surface area contributed by atoms with E-state index in [1.807, 2.05) is 0 Å². The van der Waals surface area contributed by atoms with Gasteiger partial charge in [0.05, 0.1) is 58.3 Å². The molecule has 3 heterocycles. The summed E-state index contributed by atoms with van der Waals surface area (Å²) in [6, 6.07) is 18.7. The van der Waals surface area contributed by atoms with Crippen molar-refractivity contribution in [2.24, 2.45) is 30.7 Å². The minimum atomic E-state index is -4.26. The summed E-state index contributed by atoms with van der Waals surface area (Å²) in [5.41, 5.74) is 3.20. The molecule has 0 unspecified atom stereocenters. The van der Waals surface area contributed by atoms with E-state index >= 15 is 0 Å². The Morgan fingerprint density at radius 3 is 2.51 bits per heavy atom. The van der Waals surface area contributed by atoms with Crippen LogP contribution in [0.1, 0.15) is 23.1 Å². The molecule has 0 aliphatic heterocycles. The molecule has 0 radical (unpaired) electrons. The third kappa shape index (κ3) is 10.4. The topological polar surface area (TPSA) is 293 Å². The number of methoxy groups -OCH3 is 1. The summed E-state index contributed by atoms with van der Waals surface area (Å²) in [4.78, 5) is 4.68. The molecule has 0 amide bonds. The van der Waals surface area contributed by atoms with Gasteiger partial charge in [0.2, 0.25) is 5.88 Å². The third-order valence-electron chi connectivity index (χ3n) is 9.00. The van der Waals surface area contributed by atoms with Crippen molar-refractivity contribution in [3.05, 3.63) is 77.4 Å². The molecule has 0 spiro atoms. The van der Waals surface area contributed by atoms with E-state index in [1.54, 1.807) is 69.5 Å². The Hall–Kier alpha value is -6.21. The predicted octanol–water partition coefficient (Wildman–Crippen LogP) is 10.5. The van der Waals surface area contributed by atoms with Crippen LogP contribution in [0.4, 0.5) is 33.6 Å². The van der Waals surface area contributed by atoms with E-state index in [1.165, 1.54) is 39.6 Å². The average Bonchev–Trinajstić information content (AvgIpc) is 3.89. The lowest BCUT2D eigenvalue weighted by molar-refractivity contribution is -0.432.